The third-order valence-corrected chi connectivity index (χ3v) is 0.790. The van der Waals surface area contributed by atoms with E-state index in [0.29, 0.717) is 0 Å². The minimum atomic E-state index is -0.557. The highest BCUT2D eigenvalue weighted by Crippen LogP contribution is 2.14. The number of carbonyl (C=O) groups is 1. The van der Waals surface area contributed by atoms with Crippen molar-refractivity contribution in [2.24, 2.45) is 5.41 Å². The van der Waals surface area contributed by atoms with E-state index in [9.17, 15) is 4.79 Å². The predicted molar refractivity (Wildman–Crippen MR) is 33.6 cm³/mol. The van der Waals surface area contributed by atoms with E-state index in [1.165, 1.54) is 7.11 Å². The molecule has 0 aromatic carbocycles. The summed E-state index contributed by atoms with van der Waals surface area (Å²) in [5.41, 5.74) is -0.557. The Balaban J connectivity index is 3.64. The molecule has 4 nitrogen and oxygen atoms in total. The summed E-state index contributed by atoms with van der Waals surface area (Å²) < 4.78 is 0. The van der Waals surface area contributed by atoms with Crippen molar-refractivity contribution in [3.63, 3.8) is 0 Å². The van der Waals surface area contributed by atoms with E-state index in [1.54, 1.807) is 20.8 Å². The van der Waals surface area contributed by atoms with Crippen molar-refractivity contribution in [3.05, 3.63) is 0 Å². The summed E-state index contributed by atoms with van der Waals surface area (Å²) in [4.78, 5) is 19.1. The Morgan fingerprint density at radius 1 is 1.30 bits per heavy atom. The lowest BCUT2D eigenvalue weighted by Crippen LogP contribution is -2.22. The Bertz CT molecular complexity index is 113. The Labute approximate surface area is 59.9 Å². The summed E-state index contributed by atoms with van der Waals surface area (Å²) in [7, 11) is 1.26. The van der Waals surface area contributed by atoms with Crippen molar-refractivity contribution in [1.82, 2.24) is 0 Å². The molecule has 0 spiro atoms. The van der Waals surface area contributed by atoms with E-state index in [-0.39, 0.29) is 0 Å². The van der Waals surface area contributed by atoms with Gasteiger partial charge in [0.2, 0.25) is 0 Å². The van der Waals surface area contributed by atoms with Gasteiger partial charge in [-0.3, -0.25) is 4.89 Å². The Kier molecular flexibility index (Phi) is 3.32. The number of hydrogen-bond acceptors (Lipinski definition) is 4. The molecular weight excluding hydrogens is 136 g/mol. The van der Waals surface area contributed by atoms with Crippen molar-refractivity contribution in [2.45, 2.75) is 20.8 Å². The molecule has 0 fully saturated rings. The van der Waals surface area contributed by atoms with Crippen LogP contribution in [0.3, 0.4) is 0 Å². The molecule has 10 heavy (non-hydrogen) atoms. The average molecular weight is 148 g/mol. The summed E-state index contributed by atoms with van der Waals surface area (Å²) in [6.45, 7) is 5.15. The van der Waals surface area contributed by atoms with Gasteiger partial charge in [-0.05, 0) is 25.8 Å². The fourth-order valence-electron chi connectivity index (χ4n) is 0.190. The van der Waals surface area contributed by atoms with Crippen LogP contribution in [0.15, 0.2) is 0 Å². The van der Waals surface area contributed by atoms with Gasteiger partial charge in [-0.1, -0.05) is 0 Å². The van der Waals surface area contributed by atoms with Gasteiger partial charge in [-0.2, -0.15) is 4.89 Å². The van der Waals surface area contributed by atoms with Gasteiger partial charge in [-0.15, -0.1) is 0 Å². The van der Waals surface area contributed by atoms with Gasteiger partial charge in [0.25, 0.3) is 0 Å². The molecule has 0 aliphatic heterocycles. The van der Waals surface area contributed by atoms with Crippen LogP contribution in [-0.4, -0.2) is 13.1 Å². The molecule has 0 unspecified atom stereocenters. The van der Waals surface area contributed by atoms with E-state index in [1.807, 2.05) is 0 Å². The summed E-state index contributed by atoms with van der Waals surface area (Å²) in [6, 6.07) is 0. The maximum atomic E-state index is 10.8. The van der Waals surface area contributed by atoms with Crippen LogP contribution in [0, 0.1) is 5.41 Å². The smallest absolute Gasteiger partial charge is 0.268 e. The van der Waals surface area contributed by atoms with Crippen LogP contribution in [0.4, 0.5) is 0 Å². The second-order valence-electron chi connectivity index (χ2n) is 2.86. The standard InChI is InChI=1S/C6H12O4/c1-6(2,3)5(7)9-10-8-4/h1-4H3. The first-order valence-corrected chi connectivity index (χ1v) is 2.90. The molecule has 0 saturated carbocycles. The Morgan fingerprint density at radius 2 is 1.80 bits per heavy atom. The van der Waals surface area contributed by atoms with Crippen LogP contribution in [0.5, 0.6) is 0 Å². The van der Waals surface area contributed by atoms with Crippen LogP contribution >= 0.6 is 0 Å². The molecule has 4 heteroatoms. The summed E-state index contributed by atoms with van der Waals surface area (Å²) in [5, 5.41) is 3.97. The van der Waals surface area contributed by atoms with Crippen molar-refractivity contribution >= 4 is 5.97 Å². The van der Waals surface area contributed by atoms with Gasteiger partial charge in [-0.25, -0.2) is 4.79 Å². The largest absolute Gasteiger partial charge is 0.350 e. The minimum absolute atomic E-state index is 0.464. The molecule has 0 aromatic rings. The zero-order valence-corrected chi connectivity index (χ0v) is 6.63. The van der Waals surface area contributed by atoms with Gasteiger partial charge >= 0.3 is 5.97 Å². The van der Waals surface area contributed by atoms with E-state index < -0.39 is 11.4 Å². The highest BCUT2D eigenvalue weighted by Gasteiger charge is 2.24. The molecular formula is C6H12O4. The lowest BCUT2D eigenvalue weighted by atomic mass is 9.98. The van der Waals surface area contributed by atoms with Gasteiger partial charge in [0.1, 0.15) is 0 Å². The maximum absolute atomic E-state index is 10.8. The summed E-state index contributed by atoms with van der Waals surface area (Å²) in [6.07, 6.45) is 0. The maximum Gasteiger partial charge on any atom is 0.350 e. The third kappa shape index (κ3) is 3.42. The van der Waals surface area contributed by atoms with Crippen molar-refractivity contribution < 1.29 is 19.6 Å². The predicted octanol–water partition coefficient (Wildman–Crippen LogP) is 1.07. The molecule has 0 rings (SSSR count). The molecule has 0 amide bonds. The third-order valence-electron chi connectivity index (χ3n) is 0.790. The van der Waals surface area contributed by atoms with Gasteiger partial charge in [0, 0.05) is 0 Å². The van der Waals surface area contributed by atoms with E-state index in [2.05, 4.69) is 14.8 Å². The fourth-order valence-corrected chi connectivity index (χ4v) is 0.190. The Hall–Kier alpha value is -0.610. The van der Waals surface area contributed by atoms with Crippen molar-refractivity contribution in [3.8, 4) is 0 Å². The molecule has 0 bridgehead atoms. The van der Waals surface area contributed by atoms with Crippen LogP contribution in [-0.2, 0) is 19.6 Å². The highest BCUT2D eigenvalue weighted by atomic mass is 17.5. The Morgan fingerprint density at radius 3 is 2.10 bits per heavy atom. The molecule has 0 aliphatic carbocycles. The first-order valence-electron chi connectivity index (χ1n) is 2.90. The molecule has 0 aliphatic rings. The quantitative estimate of drug-likeness (QED) is 0.434. The molecule has 0 N–H and O–H groups in total. The lowest BCUT2D eigenvalue weighted by Gasteiger charge is -2.12. The molecule has 0 atom stereocenters. The number of carbonyl (C=O) groups excluding carboxylic acids is 1. The SMILES string of the molecule is COOOC(=O)C(C)(C)C. The number of hydrogen-bond donors (Lipinski definition) is 0. The molecule has 0 saturated heterocycles. The second-order valence-corrected chi connectivity index (χ2v) is 2.86. The van der Waals surface area contributed by atoms with E-state index in [0.717, 1.165) is 0 Å². The van der Waals surface area contributed by atoms with Crippen LogP contribution < -0.4 is 0 Å². The van der Waals surface area contributed by atoms with Crippen LogP contribution in [0.1, 0.15) is 20.8 Å². The fraction of sp³-hybridized carbons (Fsp3) is 0.833. The van der Waals surface area contributed by atoms with Crippen molar-refractivity contribution in [1.29, 1.82) is 0 Å². The minimum Gasteiger partial charge on any atom is -0.268 e. The number of rotatable bonds is 2. The average Bonchev–Trinajstić information content (AvgIpc) is 1.80. The first kappa shape index (κ1) is 9.39. The summed E-state index contributed by atoms with van der Waals surface area (Å²) >= 11 is 0. The summed E-state index contributed by atoms with van der Waals surface area (Å²) in [5.74, 6) is -0.464. The molecule has 60 valence electrons. The normalized spacial score (nSPS) is 11.2. The van der Waals surface area contributed by atoms with Gasteiger partial charge in [0.05, 0.1) is 12.5 Å². The second kappa shape index (κ2) is 3.53. The van der Waals surface area contributed by atoms with E-state index >= 15 is 0 Å². The first-order chi connectivity index (χ1) is 4.48. The molecule has 0 aromatic heterocycles. The van der Waals surface area contributed by atoms with Gasteiger partial charge in [0.15, 0.2) is 0 Å². The van der Waals surface area contributed by atoms with Gasteiger partial charge < -0.3 is 0 Å². The van der Waals surface area contributed by atoms with Crippen LogP contribution in [0.2, 0.25) is 0 Å². The zero-order valence-electron chi connectivity index (χ0n) is 6.63. The molecule has 0 heterocycles. The van der Waals surface area contributed by atoms with Crippen LogP contribution in [0.25, 0.3) is 0 Å². The topological polar surface area (TPSA) is 44.8 Å². The zero-order chi connectivity index (χ0) is 8.20. The monoisotopic (exact) mass is 148 g/mol. The van der Waals surface area contributed by atoms with E-state index in [4.69, 9.17) is 0 Å². The lowest BCUT2D eigenvalue weighted by molar-refractivity contribution is -0.477. The molecule has 0 radical (unpaired) electrons. The highest BCUT2D eigenvalue weighted by molar-refractivity contribution is 5.74. The van der Waals surface area contributed by atoms with Crippen molar-refractivity contribution in [2.75, 3.05) is 7.11 Å².